The van der Waals surface area contributed by atoms with Crippen molar-refractivity contribution >= 4 is 5.95 Å². The van der Waals surface area contributed by atoms with Crippen molar-refractivity contribution in [3.8, 4) is 0 Å². The summed E-state index contributed by atoms with van der Waals surface area (Å²) in [6.07, 6.45) is 4.84. The number of nitrogens with one attached hydrogen (secondary N) is 1. The molecule has 0 saturated heterocycles. The lowest BCUT2D eigenvalue weighted by Gasteiger charge is -2.07. The van der Waals surface area contributed by atoms with E-state index in [9.17, 15) is 0 Å². The van der Waals surface area contributed by atoms with E-state index < -0.39 is 0 Å². The average Bonchev–Trinajstić information content (AvgIpc) is 2.61. The zero-order chi connectivity index (χ0) is 10.2. The standard InChI is InChI=1S/C10H19N3O/c1-3-11-10-12-6-8-13(10)7-5-9-14-4-2/h6,8H,3-5,7,9H2,1-2H3,(H,11,12). The molecule has 1 aromatic heterocycles. The van der Waals surface area contributed by atoms with Crippen LogP contribution in [-0.4, -0.2) is 29.3 Å². The molecule has 0 aromatic carbocycles. The number of rotatable bonds is 7. The van der Waals surface area contributed by atoms with Crippen molar-refractivity contribution in [2.75, 3.05) is 25.1 Å². The molecule has 1 aromatic rings. The summed E-state index contributed by atoms with van der Waals surface area (Å²) < 4.78 is 7.39. The number of anilines is 1. The average molecular weight is 197 g/mol. The van der Waals surface area contributed by atoms with Crippen LogP contribution in [-0.2, 0) is 11.3 Å². The molecule has 0 fully saturated rings. The van der Waals surface area contributed by atoms with Crippen LogP contribution in [0.1, 0.15) is 20.3 Å². The molecule has 0 spiro atoms. The second-order valence-corrected chi connectivity index (χ2v) is 3.03. The fourth-order valence-electron chi connectivity index (χ4n) is 1.30. The van der Waals surface area contributed by atoms with Gasteiger partial charge in [0.1, 0.15) is 0 Å². The number of aromatic nitrogens is 2. The van der Waals surface area contributed by atoms with Gasteiger partial charge in [-0.15, -0.1) is 0 Å². The van der Waals surface area contributed by atoms with E-state index in [4.69, 9.17) is 4.74 Å². The number of imidazole rings is 1. The highest BCUT2D eigenvalue weighted by Crippen LogP contribution is 2.04. The summed E-state index contributed by atoms with van der Waals surface area (Å²) in [5.74, 6) is 0.948. The van der Waals surface area contributed by atoms with E-state index >= 15 is 0 Å². The summed E-state index contributed by atoms with van der Waals surface area (Å²) >= 11 is 0. The Morgan fingerprint density at radius 3 is 3.07 bits per heavy atom. The molecule has 0 radical (unpaired) electrons. The van der Waals surface area contributed by atoms with E-state index in [1.165, 1.54) is 0 Å². The summed E-state index contributed by atoms with van der Waals surface area (Å²) in [6.45, 7) is 7.57. The molecule has 0 aliphatic carbocycles. The third-order valence-electron chi connectivity index (χ3n) is 1.94. The molecule has 0 aliphatic rings. The van der Waals surface area contributed by atoms with Gasteiger partial charge in [-0.2, -0.15) is 0 Å². The van der Waals surface area contributed by atoms with Gasteiger partial charge >= 0.3 is 0 Å². The molecule has 80 valence electrons. The molecule has 14 heavy (non-hydrogen) atoms. The van der Waals surface area contributed by atoms with E-state index in [-0.39, 0.29) is 0 Å². The van der Waals surface area contributed by atoms with E-state index in [2.05, 4.69) is 21.8 Å². The van der Waals surface area contributed by atoms with Crippen molar-refractivity contribution in [2.24, 2.45) is 0 Å². The third-order valence-corrected chi connectivity index (χ3v) is 1.94. The van der Waals surface area contributed by atoms with Crippen molar-refractivity contribution in [3.63, 3.8) is 0 Å². The predicted molar refractivity (Wildman–Crippen MR) is 57.5 cm³/mol. The lowest BCUT2D eigenvalue weighted by atomic mass is 10.4. The Morgan fingerprint density at radius 2 is 2.36 bits per heavy atom. The first kappa shape index (κ1) is 11.0. The third kappa shape index (κ3) is 3.38. The van der Waals surface area contributed by atoms with Crippen molar-refractivity contribution in [1.29, 1.82) is 0 Å². The Hall–Kier alpha value is -1.03. The summed E-state index contributed by atoms with van der Waals surface area (Å²) in [5, 5.41) is 3.21. The Morgan fingerprint density at radius 1 is 1.50 bits per heavy atom. The minimum absolute atomic E-state index is 0.796. The van der Waals surface area contributed by atoms with Crippen molar-refractivity contribution < 1.29 is 4.74 Å². The molecular formula is C10H19N3O. The molecule has 1 heterocycles. The van der Waals surface area contributed by atoms with Gasteiger partial charge in [0.25, 0.3) is 0 Å². The molecule has 0 atom stereocenters. The predicted octanol–water partition coefficient (Wildman–Crippen LogP) is 1.74. The molecule has 0 amide bonds. The molecule has 1 N–H and O–H groups in total. The molecular weight excluding hydrogens is 178 g/mol. The number of nitrogens with zero attached hydrogens (tertiary/aromatic N) is 2. The highest BCUT2D eigenvalue weighted by molar-refractivity contribution is 5.25. The topological polar surface area (TPSA) is 39.1 Å². The highest BCUT2D eigenvalue weighted by Gasteiger charge is 1.99. The van der Waals surface area contributed by atoms with E-state index in [0.29, 0.717) is 0 Å². The number of ether oxygens (including phenoxy) is 1. The molecule has 0 saturated carbocycles. The van der Waals surface area contributed by atoms with Gasteiger partial charge in [-0.05, 0) is 20.3 Å². The van der Waals surface area contributed by atoms with Crippen molar-refractivity contribution in [2.45, 2.75) is 26.8 Å². The highest BCUT2D eigenvalue weighted by atomic mass is 16.5. The zero-order valence-electron chi connectivity index (χ0n) is 8.99. The van der Waals surface area contributed by atoms with E-state index in [0.717, 1.165) is 38.7 Å². The maximum Gasteiger partial charge on any atom is 0.202 e. The van der Waals surface area contributed by atoms with Crippen LogP contribution in [0, 0.1) is 0 Å². The van der Waals surface area contributed by atoms with Gasteiger partial charge in [-0.1, -0.05) is 0 Å². The Balaban J connectivity index is 2.30. The van der Waals surface area contributed by atoms with Crippen molar-refractivity contribution in [1.82, 2.24) is 9.55 Å². The van der Waals surface area contributed by atoms with Crippen LogP contribution in [0.4, 0.5) is 5.95 Å². The number of hydrogen-bond donors (Lipinski definition) is 1. The van der Waals surface area contributed by atoms with Crippen LogP contribution in [0.25, 0.3) is 0 Å². The molecule has 4 heteroatoms. The van der Waals surface area contributed by atoms with E-state index in [1.54, 1.807) is 0 Å². The Kier molecular flexibility index (Phi) is 5.07. The van der Waals surface area contributed by atoms with Gasteiger partial charge in [-0.3, -0.25) is 0 Å². The molecule has 0 unspecified atom stereocenters. The minimum Gasteiger partial charge on any atom is -0.382 e. The van der Waals surface area contributed by atoms with Gasteiger partial charge < -0.3 is 14.6 Å². The second kappa shape index (κ2) is 6.43. The van der Waals surface area contributed by atoms with Crippen LogP contribution in [0.2, 0.25) is 0 Å². The quantitative estimate of drug-likeness (QED) is 0.677. The molecule has 4 nitrogen and oxygen atoms in total. The summed E-state index contributed by atoms with van der Waals surface area (Å²) in [4.78, 5) is 4.22. The first-order chi connectivity index (χ1) is 6.88. The summed E-state index contributed by atoms with van der Waals surface area (Å²) in [7, 11) is 0. The van der Waals surface area contributed by atoms with Crippen LogP contribution >= 0.6 is 0 Å². The Labute approximate surface area is 85.3 Å². The lowest BCUT2D eigenvalue weighted by molar-refractivity contribution is 0.142. The van der Waals surface area contributed by atoms with Gasteiger partial charge in [0, 0.05) is 38.7 Å². The fourth-order valence-corrected chi connectivity index (χ4v) is 1.30. The van der Waals surface area contributed by atoms with Crippen molar-refractivity contribution in [3.05, 3.63) is 12.4 Å². The van der Waals surface area contributed by atoms with Crippen LogP contribution in [0.3, 0.4) is 0 Å². The first-order valence-electron chi connectivity index (χ1n) is 5.21. The summed E-state index contributed by atoms with van der Waals surface area (Å²) in [6, 6.07) is 0. The van der Waals surface area contributed by atoms with Gasteiger partial charge in [0.15, 0.2) is 0 Å². The SMILES string of the molecule is CCNc1nccn1CCCOCC. The van der Waals surface area contributed by atoms with Gasteiger partial charge in [-0.25, -0.2) is 4.98 Å². The van der Waals surface area contributed by atoms with Crippen LogP contribution < -0.4 is 5.32 Å². The monoisotopic (exact) mass is 197 g/mol. The van der Waals surface area contributed by atoms with E-state index in [1.807, 2.05) is 19.3 Å². The second-order valence-electron chi connectivity index (χ2n) is 3.03. The Bertz CT molecular complexity index is 247. The van der Waals surface area contributed by atoms with Gasteiger partial charge in [0.05, 0.1) is 0 Å². The van der Waals surface area contributed by atoms with Crippen LogP contribution in [0.15, 0.2) is 12.4 Å². The normalized spacial score (nSPS) is 10.4. The molecule has 0 aliphatic heterocycles. The largest absolute Gasteiger partial charge is 0.382 e. The maximum absolute atomic E-state index is 5.28. The maximum atomic E-state index is 5.28. The van der Waals surface area contributed by atoms with Gasteiger partial charge in [0.2, 0.25) is 5.95 Å². The zero-order valence-corrected chi connectivity index (χ0v) is 8.99. The molecule has 0 bridgehead atoms. The summed E-state index contributed by atoms with van der Waals surface area (Å²) in [5.41, 5.74) is 0. The smallest absolute Gasteiger partial charge is 0.202 e. The number of hydrogen-bond acceptors (Lipinski definition) is 3. The van der Waals surface area contributed by atoms with Crippen LogP contribution in [0.5, 0.6) is 0 Å². The minimum atomic E-state index is 0.796. The fraction of sp³-hybridized carbons (Fsp3) is 0.700. The number of aryl methyl sites for hydroxylation is 1. The lowest BCUT2D eigenvalue weighted by Crippen LogP contribution is -2.08. The molecule has 1 rings (SSSR count). The first-order valence-corrected chi connectivity index (χ1v) is 5.21.